The van der Waals surface area contributed by atoms with Crippen molar-refractivity contribution in [3.63, 3.8) is 0 Å². The summed E-state index contributed by atoms with van der Waals surface area (Å²) >= 11 is 5.82. The van der Waals surface area contributed by atoms with Gasteiger partial charge in [0.1, 0.15) is 5.75 Å². The van der Waals surface area contributed by atoms with E-state index >= 15 is 0 Å². The second kappa shape index (κ2) is 8.76. The molecule has 162 valence electrons. The molecule has 0 saturated carbocycles. The van der Waals surface area contributed by atoms with Crippen molar-refractivity contribution in [2.45, 2.75) is 32.6 Å². The lowest BCUT2D eigenvalue weighted by atomic mass is 9.94. The predicted molar refractivity (Wildman–Crippen MR) is 98.6 cm³/mol. The summed E-state index contributed by atoms with van der Waals surface area (Å²) in [5, 5.41) is 5.28. The van der Waals surface area contributed by atoms with Crippen LogP contribution in [0.2, 0.25) is 5.02 Å². The maximum Gasteiger partial charge on any atom is 0.442 e. The van der Waals surface area contributed by atoms with Crippen molar-refractivity contribution in [2.75, 3.05) is 19.5 Å². The number of rotatable bonds is 5. The Morgan fingerprint density at radius 2 is 1.62 bits per heavy atom. The Kier molecular flexibility index (Phi) is 7.36. The number of halogens is 4. The van der Waals surface area contributed by atoms with Crippen LogP contribution in [0.5, 0.6) is 5.75 Å². The maximum absolute atomic E-state index is 13.9. The van der Waals surface area contributed by atoms with Gasteiger partial charge in [-0.1, -0.05) is 32.4 Å². The Balaban J connectivity index is 3.33. The van der Waals surface area contributed by atoms with Gasteiger partial charge in [-0.15, -0.1) is 0 Å². The van der Waals surface area contributed by atoms with E-state index in [0.717, 1.165) is 0 Å². The molecule has 1 aromatic carbocycles. The number of esters is 1. The molecule has 0 spiro atoms. The Labute approximate surface area is 170 Å². The Morgan fingerprint density at radius 1 is 1.03 bits per heavy atom. The molecule has 1 atom stereocenters. The molecule has 1 aromatic rings. The third-order valence-electron chi connectivity index (χ3n) is 3.61. The first-order valence-corrected chi connectivity index (χ1v) is 8.46. The van der Waals surface area contributed by atoms with E-state index in [9.17, 15) is 27.6 Å². The average molecular weight is 440 g/mol. The summed E-state index contributed by atoms with van der Waals surface area (Å²) in [6.45, 7) is 3.99. The van der Waals surface area contributed by atoms with Gasteiger partial charge < -0.3 is 20.1 Å². The minimum Gasteiger partial charge on any atom is -0.495 e. The van der Waals surface area contributed by atoms with Crippen LogP contribution in [-0.2, 0) is 14.3 Å². The monoisotopic (exact) mass is 439 g/mol. The van der Waals surface area contributed by atoms with E-state index < -0.39 is 35.2 Å². The minimum atomic E-state index is -5.43. The Hall–Kier alpha value is -2.69. The summed E-state index contributed by atoms with van der Waals surface area (Å²) in [7, 11) is 1.95. The van der Waals surface area contributed by atoms with E-state index in [-0.39, 0.29) is 16.5 Å². The lowest BCUT2D eigenvalue weighted by molar-refractivity contribution is -0.218. The molecule has 3 N–H and O–H groups in total. The second-order valence-corrected chi connectivity index (χ2v) is 7.30. The predicted octanol–water partition coefficient (Wildman–Crippen LogP) is 3.06. The molecule has 0 aliphatic carbocycles. The molecule has 0 heterocycles. The molecule has 8 nitrogen and oxygen atoms in total. The number of urea groups is 1. The minimum absolute atomic E-state index is 0.0689. The van der Waals surface area contributed by atoms with Gasteiger partial charge in [0.05, 0.1) is 19.9 Å². The third-order valence-corrected chi connectivity index (χ3v) is 3.84. The van der Waals surface area contributed by atoms with Gasteiger partial charge in [0.25, 0.3) is 0 Å². The van der Waals surface area contributed by atoms with Gasteiger partial charge in [-0.25, -0.2) is 9.59 Å². The van der Waals surface area contributed by atoms with Gasteiger partial charge in [-0.3, -0.25) is 10.1 Å². The number of amides is 3. The number of hydrogen-bond acceptors (Lipinski definition) is 5. The van der Waals surface area contributed by atoms with Crippen molar-refractivity contribution >= 4 is 35.2 Å². The SMILES string of the molecule is COC(=O)C(NC(=O)Nc1cc(Cl)ccc1OC)(NC(=O)C(C)(C)C)C(F)(F)F. The molecule has 1 rings (SSSR count). The van der Waals surface area contributed by atoms with Crippen molar-refractivity contribution < 1.29 is 37.0 Å². The van der Waals surface area contributed by atoms with E-state index in [1.807, 2.05) is 0 Å². The van der Waals surface area contributed by atoms with E-state index in [4.69, 9.17) is 16.3 Å². The number of anilines is 1. The Morgan fingerprint density at radius 3 is 2.07 bits per heavy atom. The summed E-state index contributed by atoms with van der Waals surface area (Å²) in [5.41, 5.74) is -5.21. The molecule has 0 aliphatic rings. The number of carbonyl (C=O) groups excluding carboxylic acids is 3. The summed E-state index contributed by atoms with van der Waals surface area (Å²) in [6, 6.07) is 2.56. The average Bonchev–Trinajstić information content (AvgIpc) is 2.58. The van der Waals surface area contributed by atoms with Crippen LogP contribution in [0.15, 0.2) is 18.2 Å². The van der Waals surface area contributed by atoms with E-state index in [2.05, 4.69) is 10.1 Å². The quantitative estimate of drug-likeness (QED) is 0.483. The molecule has 0 radical (unpaired) electrons. The highest BCUT2D eigenvalue weighted by Gasteiger charge is 2.64. The van der Waals surface area contributed by atoms with Crippen LogP contribution in [0.25, 0.3) is 0 Å². The van der Waals surface area contributed by atoms with E-state index in [1.54, 1.807) is 5.32 Å². The fourth-order valence-electron chi connectivity index (χ4n) is 2.00. The van der Waals surface area contributed by atoms with Crippen LogP contribution in [0.1, 0.15) is 20.8 Å². The smallest absolute Gasteiger partial charge is 0.442 e. The zero-order valence-electron chi connectivity index (χ0n) is 16.3. The topological polar surface area (TPSA) is 106 Å². The molecule has 12 heteroatoms. The maximum atomic E-state index is 13.9. The van der Waals surface area contributed by atoms with Gasteiger partial charge in [-0.2, -0.15) is 13.2 Å². The van der Waals surface area contributed by atoms with Crippen LogP contribution >= 0.6 is 11.6 Å². The first kappa shape index (κ1) is 24.3. The fraction of sp³-hybridized carbons (Fsp3) is 0.471. The number of benzene rings is 1. The lowest BCUT2D eigenvalue weighted by Gasteiger charge is -2.36. The molecule has 0 aliphatic heterocycles. The number of hydrogen-bond donors (Lipinski definition) is 3. The van der Waals surface area contributed by atoms with E-state index in [1.165, 1.54) is 51.4 Å². The highest BCUT2D eigenvalue weighted by molar-refractivity contribution is 6.31. The van der Waals surface area contributed by atoms with Gasteiger partial charge in [0, 0.05) is 10.4 Å². The molecular weight excluding hydrogens is 419 g/mol. The molecule has 3 amide bonds. The highest BCUT2D eigenvalue weighted by atomic mass is 35.5. The van der Waals surface area contributed by atoms with Crippen molar-refractivity contribution in [3.8, 4) is 5.75 Å². The van der Waals surface area contributed by atoms with Crippen LogP contribution in [0.4, 0.5) is 23.7 Å². The second-order valence-electron chi connectivity index (χ2n) is 6.87. The zero-order chi connectivity index (χ0) is 22.6. The largest absolute Gasteiger partial charge is 0.495 e. The van der Waals surface area contributed by atoms with Gasteiger partial charge in [0.15, 0.2) is 0 Å². The number of ether oxygens (including phenoxy) is 2. The molecule has 0 saturated heterocycles. The first-order chi connectivity index (χ1) is 13.2. The van der Waals surface area contributed by atoms with Crippen molar-refractivity contribution in [3.05, 3.63) is 23.2 Å². The summed E-state index contributed by atoms with van der Waals surface area (Å²) in [6.07, 6.45) is -5.43. The molecule has 0 aromatic heterocycles. The normalized spacial score (nSPS) is 13.7. The van der Waals surface area contributed by atoms with Gasteiger partial charge >= 0.3 is 23.8 Å². The van der Waals surface area contributed by atoms with Crippen LogP contribution in [0, 0.1) is 5.41 Å². The fourth-order valence-corrected chi connectivity index (χ4v) is 2.18. The molecule has 0 bridgehead atoms. The number of methoxy groups -OCH3 is 2. The Bertz CT molecular complexity index is 795. The van der Waals surface area contributed by atoms with Gasteiger partial charge in [0.2, 0.25) is 5.91 Å². The summed E-state index contributed by atoms with van der Waals surface area (Å²) in [4.78, 5) is 36.6. The third kappa shape index (κ3) is 5.66. The summed E-state index contributed by atoms with van der Waals surface area (Å²) in [5.74, 6) is -2.99. The van der Waals surface area contributed by atoms with Crippen molar-refractivity contribution in [1.29, 1.82) is 0 Å². The zero-order valence-corrected chi connectivity index (χ0v) is 17.0. The number of nitrogens with one attached hydrogen (secondary N) is 3. The molecule has 29 heavy (non-hydrogen) atoms. The molecular formula is C17H21ClF3N3O5. The van der Waals surface area contributed by atoms with Gasteiger partial charge in [-0.05, 0) is 18.2 Å². The van der Waals surface area contributed by atoms with Crippen molar-refractivity contribution in [2.24, 2.45) is 5.41 Å². The standard InChI is InChI=1S/C17H21ClF3N3O5/c1-15(2,3)12(25)23-16(13(26)29-5,17(19,20)21)24-14(27)22-10-8-9(18)6-7-11(10)28-4/h6-8H,1-5H3,(H,23,25)(H2,22,24,27). The number of carbonyl (C=O) groups is 3. The highest BCUT2D eigenvalue weighted by Crippen LogP contribution is 2.32. The first-order valence-electron chi connectivity index (χ1n) is 8.08. The van der Waals surface area contributed by atoms with Crippen LogP contribution in [0.3, 0.4) is 0 Å². The molecule has 0 fully saturated rings. The van der Waals surface area contributed by atoms with Crippen molar-refractivity contribution in [1.82, 2.24) is 10.6 Å². The summed E-state index contributed by atoms with van der Waals surface area (Å²) < 4.78 is 50.8. The molecule has 1 unspecified atom stereocenters. The van der Waals surface area contributed by atoms with Crippen LogP contribution < -0.4 is 20.7 Å². The van der Waals surface area contributed by atoms with E-state index in [0.29, 0.717) is 7.11 Å². The lowest BCUT2D eigenvalue weighted by Crippen LogP contribution is -2.75. The van der Waals surface area contributed by atoms with Crippen LogP contribution in [-0.4, -0.2) is 44.0 Å². The number of alkyl halides is 3.